The van der Waals surface area contributed by atoms with Crippen LogP contribution in [0, 0.1) is 0 Å². The number of thiophene rings is 1. The first-order valence-corrected chi connectivity index (χ1v) is 7.41. The van der Waals surface area contributed by atoms with Gasteiger partial charge in [-0.05, 0) is 46.6 Å². The summed E-state index contributed by atoms with van der Waals surface area (Å²) >= 11 is 10.1. The van der Waals surface area contributed by atoms with Crippen molar-refractivity contribution in [3.8, 4) is 0 Å². The molecule has 0 aromatic carbocycles. The predicted octanol–water partition coefficient (Wildman–Crippen LogP) is 3.19. The van der Waals surface area contributed by atoms with Gasteiger partial charge in [0.1, 0.15) is 10.8 Å². The molecule has 18 heavy (non-hydrogen) atoms. The summed E-state index contributed by atoms with van der Waals surface area (Å²) in [6, 6.07) is 7.95. The molecule has 0 saturated heterocycles. The van der Waals surface area contributed by atoms with Crippen LogP contribution < -0.4 is 11.1 Å². The van der Waals surface area contributed by atoms with E-state index < -0.39 is 0 Å². The number of anilines is 1. The molecule has 0 spiro atoms. The summed E-state index contributed by atoms with van der Waals surface area (Å²) < 4.78 is 1.16. The zero-order chi connectivity index (χ0) is 13.0. The lowest BCUT2D eigenvalue weighted by atomic mass is 10.3. The van der Waals surface area contributed by atoms with Crippen molar-refractivity contribution in [1.82, 2.24) is 4.98 Å². The Bertz CT molecular complexity index is 537. The standard InChI is InChI=1S/C12H12BrN3S2/c13-10-3-2-9(18-10)5-6-15-11-4-1-8(7-16-11)12(14)17/h1-4,7H,5-6H2,(H2,14,17)(H,15,16). The Kier molecular flexibility index (Phi) is 4.68. The van der Waals surface area contributed by atoms with Gasteiger partial charge in [0.05, 0.1) is 3.79 Å². The van der Waals surface area contributed by atoms with Crippen LogP contribution in [0.5, 0.6) is 0 Å². The fraction of sp³-hybridized carbons (Fsp3) is 0.167. The zero-order valence-electron chi connectivity index (χ0n) is 9.52. The van der Waals surface area contributed by atoms with E-state index in [1.807, 2.05) is 12.1 Å². The van der Waals surface area contributed by atoms with Crippen molar-refractivity contribution in [3.05, 3.63) is 44.7 Å². The third kappa shape index (κ3) is 3.76. The quantitative estimate of drug-likeness (QED) is 0.820. The summed E-state index contributed by atoms with van der Waals surface area (Å²) in [6.45, 7) is 0.854. The van der Waals surface area contributed by atoms with Crippen molar-refractivity contribution in [3.63, 3.8) is 0 Å². The second-order valence-corrected chi connectivity index (χ2v) is 6.67. The van der Waals surface area contributed by atoms with E-state index in [4.69, 9.17) is 18.0 Å². The number of thiocarbonyl (C=S) groups is 1. The molecule has 2 aromatic rings. The van der Waals surface area contributed by atoms with Gasteiger partial charge in [0.2, 0.25) is 0 Å². The van der Waals surface area contributed by atoms with E-state index in [9.17, 15) is 0 Å². The van der Waals surface area contributed by atoms with Crippen LogP contribution in [0.3, 0.4) is 0 Å². The predicted molar refractivity (Wildman–Crippen MR) is 84.3 cm³/mol. The largest absolute Gasteiger partial charge is 0.389 e. The molecule has 0 bridgehead atoms. The summed E-state index contributed by atoms with van der Waals surface area (Å²) in [5.41, 5.74) is 6.30. The highest BCUT2D eigenvalue weighted by molar-refractivity contribution is 9.11. The van der Waals surface area contributed by atoms with E-state index in [-0.39, 0.29) is 0 Å². The first-order valence-electron chi connectivity index (χ1n) is 5.39. The maximum Gasteiger partial charge on any atom is 0.125 e. The number of hydrogen-bond acceptors (Lipinski definition) is 4. The molecule has 2 aromatic heterocycles. The number of aromatic nitrogens is 1. The zero-order valence-corrected chi connectivity index (χ0v) is 12.7. The monoisotopic (exact) mass is 341 g/mol. The van der Waals surface area contributed by atoms with Crippen LogP contribution in [-0.2, 0) is 6.42 Å². The first kappa shape index (κ1) is 13.5. The summed E-state index contributed by atoms with van der Waals surface area (Å²) in [6.07, 6.45) is 2.67. The van der Waals surface area contributed by atoms with E-state index in [0.717, 1.165) is 28.1 Å². The Morgan fingerprint density at radius 1 is 1.39 bits per heavy atom. The maximum absolute atomic E-state index is 5.51. The highest BCUT2D eigenvalue weighted by Gasteiger charge is 2.00. The van der Waals surface area contributed by atoms with Gasteiger partial charge in [-0.25, -0.2) is 4.98 Å². The normalized spacial score (nSPS) is 10.3. The maximum atomic E-state index is 5.51. The number of nitrogens with one attached hydrogen (secondary N) is 1. The number of hydrogen-bond donors (Lipinski definition) is 2. The number of pyridine rings is 1. The smallest absolute Gasteiger partial charge is 0.125 e. The highest BCUT2D eigenvalue weighted by Crippen LogP contribution is 2.22. The van der Waals surface area contributed by atoms with Gasteiger partial charge in [0, 0.05) is 23.2 Å². The van der Waals surface area contributed by atoms with Crippen molar-refractivity contribution in [2.45, 2.75) is 6.42 Å². The van der Waals surface area contributed by atoms with Crippen LogP contribution in [0.1, 0.15) is 10.4 Å². The van der Waals surface area contributed by atoms with Crippen molar-refractivity contribution in [2.75, 3.05) is 11.9 Å². The van der Waals surface area contributed by atoms with E-state index in [1.165, 1.54) is 4.88 Å². The van der Waals surface area contributed by atoms with E-state index in [1.54, 1.807) is 17.5 Å². The minimum atomic E-state index is 0.373. The number of halogens is 1. The van der Waals surface area contributed by atoms with Crippen LogP contribution in [-0.4, -0.2) is 16.5 Å². The van der Waals surface area contributed by atoms with Crippen molar-refractivity contribution in [2.24, 2.45) is 5.73 Å². The molecule has 0 fully saturated rings. The fourth-order valence-electron chi connectivity index (χ4n) is 1.44. The summed E-state index contributed by atoms with van der Waals surface area (Å²) in [7, 11) is 0. The molecular formula is C12H12BrN3S2. The Hall–Kier alpha value is -0.980. The lowest BCUT2D eigenvalue weighted by Crippen LogP contribution is -2.10. The minimum Gasteiger partial charge on any atom is -0.389 e. The fourth-order valence-corrected chi connectivity index (χ4v) is 3.05. The second-order valence-electron chi connectivity index (χ2n) is 3.68. The Labute approximate surface area is 124 Å². The molecule has 3 nitrogen and oxygen atoms in total. The molecule has 2 heterocycles. The number of nitrogens with zero attached hydrogens (tertiary/aromatic N) is 1. The van der Waals surface area contributed by atoms with Crippen LogP contribution in [0.2, 0.25) is 0 Å². The van der Waals surface area contributed by atoms with Crippen molar-refractivity contribution >= 4 is 50.3 Å². The molecule has 0 aliphatic rings. The van der Waals surface area contributed by atoms with Gasteiger partial charge in [-0.15, -0.1) is 11.3 Å². The summed E-state index contributed by atoms with van der Waals surface area (Å²) in [5.74, 6) is 0.839. The third-order valence-corrected chi connectivity index (χ3v) is 4.27. The summed E-state index contributed by atoms with van der Waals surface area (Å²) in [4.78, 5) is 5.97. The van der Waals surface area contributed by atoms with E-state index in [2.05, 4.69) is 38.4 Å². The third-order valence-electron chi connectivity index (χ3n) is 2.35. The molecule has 0 radical (unpaired) electrons. The van der Waals surface area contributed by atoms with Gasteiger partial charge < -0.3 is 11.1 Å². The average Bonchev–Trinajstić information content (AvgIpc) is 2.76. The van der Waals surface area contributed by atoms with Crippen molar-refractivity contribution < 1.29 is 0 Å². The SMILES string of the molecule is NC(=S)c1ccc(NCCc2ccc(Br)s2)nc1. The molecular weight excluding hydrogens is 330 g/mol. The molecule has 0 atom stereocenters. The molecule has 0 aliphatic heterocycles. The molecule has 3 N–H and O–H groups in total. The van der Waals surface area contributed by atoms with Crippen LogP contribution in [0.25, 0.3) is 0 Å². The molecule has 0 amide bonds. The molecule has 6 heteroatoms. The second kappa shape index (κ2) is 6.26. The van der Waals surface area contributed by atoms with E-state index >= 15 is 0 Å². The Morgan fingerprint density at radius 3 is 2.78 bits per heavy atom. The molecule has 0 saturated carbocycles. The van der Waals surface area contributed by atoms with Crippen molar-refractivity contribution in [1.29, 1.82) is 0 Å². The lowest BCUT2D eigenvalue weighted by Gasteiger charge is -2.05. The average molecular weight is 342 g/mol. The van der Waals surface area contributed by atoms with Gasteiger partial charge in [0.25, 0.3) is 0 Å². The van der Waals surface area contributed by atoms with Crippen LogP contribution >= 0.6 is 39.5 Å². The highest BCUT2D eigenvalue weighted by atomic mass is 79.9. The number of nitrogens with two attached hydrogens (primary N) is 1. The molecule has 0 unspecified atom stereocenters. The van der Waals surface area contributed by atoms with E-state index in [0.29, 0.717) is 4.99 Å². The molecule has 0 aliphatic carbocycles. The van der Waals surface area contributed by atoms with Gasteiger partial charge in [-0.2, -0.15) is 0 Å². The Morgan fingerprint density at radius 2 is 2.22 bits per heavy atom. The van der Waals surface area contributed by atoms with Crippen LogP contribution in [0.15, 0.2) is 34.2 Å². The lowest BCUT2D eigenvalue weighted by molar-refractivity contribution is 1.03. The van der Waals surface area contributed by atoms with Gasteiger partial charge in [0.15, 0.2) is 0 Å². The minimum absolute atomic E-state index is 0.373. The van der Waals surface area contributed by atoms with Gasteiger partial charge in [-0.1, -0.05) is 12.2 Å². The molecule has 2 rings (SSSR count). The van der Waals surface area contributed by atoms with Crippen LogP contribution in [0.4, 0.5) is 5.82 Å². The van der Waals surface area contributed by atoms with Gasteiger partial charge >= 0.3 is 0 Å². The summed E-state index contributed by atoms with van der Waals surface area (Å²) in [5, 5.41) is 3.26. The molecule has 94 valence electrons. The topological polar surface area (TPSA) is 50.9 Å². The number of rotatable bonds is 5. The van der Waals surface area contributed by atoms with Gasteiger partial charge in [-0.3, -0.25) is 0 Å². The first-order chi connectivity index (χ1) is 8.65. The Balaban J connectivity index is 1.85.